The first-order valence-electron chi connectivity index (χ1n) is 9.42. The molecule has 0 radical (unpaired) electrons. The van der Waals surface area contributed by atoms with E-state index in [1.54, 1.807) is 18.2 Å². The smallest absolute Gasteiger partial charge is 0.234 e. The largest absolute Gasteiger partial charge is 0.481 e. The standard InChI is InChI=1S/C21H22Cl2N4O2S/c1-4-27-20(14(3)29-18-8-6-5-7-16(18)23)25-26-21(27)30-12-19(28)24-17-11-15(22)10-9-13(17)2/h5-11,14H,4,12H2,1-3H3,(H,24,28)/t14-/m0/s1. The highest BCUT2D eigenvalue weighted by molar-refractivity contribution is 7.99. The van der Waals surface area contributed by atoms with Crippen molar-refractivity contribution in [2.24, 2.45) is 0 Å². The third-order valence-electron chi connectivity index (χ3n) is 4.37. The average Bonchev–Trinajstić information content (AvgIpc) is 3.14. The van der Waals surface area contributed by atoms with Crippen molar-refractivity contribution in [3.63, 3.8) is 0 Å². The highest BCUT2D eigenvalue weighted by atomic mass is 35.5. The Kier molecular flexibility index (Phi) is 7.64. The van der Waals surface area contributed by atoms with Gasteiger partial charge < -0.3 is 14.6 Å². The molecule has 1 amide bonds. The number of carbonyl (C=O) groups excluding carboxylic acids is 1. The first-order valence-corrected chi connectivity index (χ1v) is 11.2. The maximum atomic E-state index is 12.4. The summed E-state index contributed by atoms with van der Waals surface area (Å²) in [5.74, 6) is 1.32. The molecule has 158 valence electrons. The van der Waals surface area contributed by atoms with E-state index in [1.165, 1.54) is 11.8 Å². The number of ether oxygens (including phenoxy) is 1. The monoisotopic (exact) mass is 464 g/mol. The molecule has 0 saturated heterocycles. The van der Waals surface area contributed by atoms with Crippen molar-refractivity contribution in [1.82, 2.24) is 14.8 Å². The summed E-state index contributed by atoms with van der Waals surface area (Å²) in [6, 6.07) is 12.7. The van der Waals surface area contributed by atoms with Crippen LogP contribution >= 0.6 is 35.0 Å². The third-order valence-corrected chi connectivity index (χ3v) is 5.89. The van der Waals surface area contributed by atoms with Gasteiger partial charge in [-0.2, -0.15) is 0 Å². The number of hydrogen-bond acceptors (Lipinski definition) is 5. The van der Waals surface area contributed by atoms with Crippen molar-refractivity contribution in [3.8, 4) is 5.75 Å². The van der Waals surface area contributed by atoms with E-state index in [0.29, 0.717) is 39.0 Å². The second kappa shape index (κ2) is 10.2. The molecule has 2 aromatic carbocycles. The van der Waals surface area contributed by atoms with E-state index in [0.717, 1.165) is 5.56 Å². The molecular formula is C21H22Cl2N4O2S. The Labute approximate surface area is 189 Å². The van der Waals surface area contributed by atoms with Gasteiger partial charge in [-0.05, 0) is 50.6 Å². The zero-order valence-electron chi connectivity index (χ0n) is 16.9. The lowest BCUT2D eigenvalue weighted by Gasteiger charge is -2.16. The molecule has 0 saturated carbocycles. The van der Waals surface area contributed by atoms with Crippen LogP contribution in [0.1, 0.15) is 31.3 Å². The minimum atomic E-state index is -0.352. The highest BCUT2D eigenvalue weighted by Crippen LogP contribution is 2.29. The summed E-state index contributed by atoms with van der Waals surface area (Å²) in [5.41, 5.74) is 1.65. The normalized spacial score (nSPS) is 11.9. The molecule has 0 aliphatic carbocycles. The highest BCUT2D eigenvalue weighted by Gasteiger charge is 2.20. The second-order valence-corrected chi connectivity index (χ2v) is 8.36. The van der Waals surface area contributed by atoms with Gasteiger partial charge in [0.15, 0.2) is 17.1 Å². The molecule has 6 nitrogen and oxygen atoms in total. The van der Waals surface area contributed by atoms with Crippen molar-refractivity contribution in [2.45, 2.75) is 38.6 Å². The van der Waals surface area contributed by atoms with Gasteiger partial charge >= 0.3 is 0 Å². The number of rotatable bonds is 8. The minimum Gasteiger partial charge on any atom is -0.481 e. The topological polar surface area (TPSA) is 69.0 Å². The van der Waals surface area contributed by atoms with Crippen LogP contribution in [0.15, 0.2) is 47.6 Å². The fraction of sp³-hybridized carbons (Fsp3) is 0.286. The first-order chi connectivity index (χ1) is 14.4. The maximum Gasteiger partial charge on any atom is 0.234 e. The molecule has 1 heterocycles. The molecule has 0 aliphatic heterocycles. The molecule has 1 aromatic heterocycles. The van der Waals surface area contributed by atoms with E-state index in [9.17, 15) is 4.79 Å². The third kappa shape index (κ3) is 5.47. The number of anilines is 1. The Balaban J connectivity index is 1.66. The Morgan fingerprint density at radius 1 is 1.23 bits per heavy atom. The van der Waals surface area contributed by atoms with E-state index in [2.05, 4.69) is 15.5 Å². The fourth-order valence-corrected chi connectivity index (χ4v) is 4.00. The van der Waals surface area contributed by atoms with Crippen LogP contribution in [-0.4, -0.2) is 26.4 Å². The average molecular weight is 465 g/mol. The van der Waals surface area contributed by atoms with Crippen LogP contribution in [0.2, 0.25) is 10.0 Å². The molecule has 9 heteroatoms. The molecule has 0 unspecified atom stereocenters. The lowest BCUT2D eigenvalue weighted by molar-refractivity contribution is -0.113. The number of thioether (sulfide) groups is 1. The van der Waals surface area contributed by atoms with Gasteiger partial charge in [0.2, 0.25) is 5.91 Å². The Hall–Kier alpha value is -2.22. The van der Waals surface area contributed by atoms with E-state index in [4.69, 9.17) is 27.9 Å². The van der Waals surface area contributed by atoms with E-state index in [-0.39, 0.29) is 17.8 Å². The predicted molar refractivity (Wildman–Crippen MR) is 122 cm³/mol. The SMILES string of the molecule is CCn1c(SCC(=O)Nc2cc(Cl)ccc2C)nnc1[C@H](C)Oc1ccccc1Cl. The lowest BCUT2D eigenvalue weighted by Crippen LogP contribution is -2.16. The lowest BCUT2D eigenvalue weighted by atomic mass is 10.2. The van der Waals surface area contributed by atoms with Crippen molar-refractivity contribution in [1.29, 1.82) is 0 Å². The molecule has 0 aliphatic rings. The number of carbonyl (C=O) groups is 1. The van der Waals surface area contributed by atoms with Crippen LogP contribution in [0, 0.1) is 6.92 Å². The van der Waals surface area contributed by atoms with E-state index < -0.39 is 0 Å². The Morgan fingerprint density at radius 3 is 2.73 bits per heavy atom. The zero-order valence-corrected chi connectivity index (χ0v) is 19.2. The fourth-order valence-electron chi connectivity index (χ4n) is 2.83. The van der Waals surface area contributed by atoms with Gasteiger partial charge in [0, 0.05) is 17.3 Å². The zero-order chi connectivity index (χ0) is 21.7. The predicted octanol–water partition coefficient (Wildman–Crippen LogP) is 5.78. The van der Waals surface area contributed by atoms with Crippen LogP contribution in [0.25, 0.3) is 0 Å². The van der Waals surface area contributed by atoms with Crippen LogP contribution in [-0.2, 0) is 11.3 Å². The number of amides is 1. The number of aryl methyl sites for hydroxylation is 1. The van der Waals surface area contributed by atoms with Gasteiger partial charge in [0.1, 0.15) is 5.75 Å². The number of nitrogens with one attached hydrogen (secondary N) is 1. The van der Waals surface area contributed by atoms with Gasteiger partial charge in [-0.1, -0.05) is 53.2 Å². The summed E-state index contributed by atoms with van der Waals surface area (Å²) in [4.78, 5) is 12.4. The molecule has 3 rings (SSSR count). The molecule has 0 spiro atoms. The molecule has 30 heavy (non-hydrogen) atoms. The van der Waals surface area contributed by atoms with E-state index >= 15 is 0 Å². The van der Waals surface area contributed by atoms with Crippen molar-refractivity contribution in [3.05, 3.63) is 63.9 Å². The molecule has 1 atom stereocenters. The number of halogens is 2. The first kappa shape index (κ1) is 22.5. The summed E-state index contributed by atoms with van der Waals surface area (Å²) in [5, 5.41) is 13.2. The number of nitrogens with zero attached hydrogens (tertiary/aromatic N) is 3. The number of hydrogen-bond donors (Lipinski definition) is 1. The van der Waals surface area contributed by atoms with Crippen molar-refractivity contribution < 1.29 is 9.53 Å². The summed E-state index contributed by atoms with van der Waals surface area (Å²) < 4.78 is 7.89. The quantitative estimate of drug-likeness (QED) is 0.427. The number of aromatic nitrogens is 3. The molecule has 0 fully saturated rings. The van der Waals surface area contributed by atoms with Crippen LogP contribution in [0.5, 0.6) is 5.75 Å². The number of benzene rings is 2. The summed E-state index contributed by atoms with van der Waals surface area (Å²) >= 11 is 13.5. The second-order valence-electron chi connectivity index (χ2n) is 6.57. The summed E-state index contributed by atoms with van der Waals surface area (Å²) in [6.07, 6.45) is -0.352. The van der Waals surface area contributed by atoms with Crippen LogP contribution in [0.3, 0.4) is 0 Å². The molecular weight excluding hydrogens is 443 g/mol. The number of para-hydroxylation sites is 1. The minimum absolute atomic E-state index is 0.141. The van der Waals surface area contributed by atoms with Gasteiger partial charge in [0.05, 0.1) is 10.8 Å². The van der Waals surface area contributed by atoms with E-state index in [1.807, 2.05) is 49.6 Å². The van der Waals surface area contributed by atoms with Crippen LogP contribution < -0.4 is 10.1 Å². The van der Waals surface area contributed by atoms with Gasteiger partial charge in [-0.3, -0.25) is 4.79 Å². The summed E-state index contributed by atoms with van der Waals surface area (Å²) in [6.45, 7) is 6.45. The summed E-state index contributed by atoms with van der Waals surface area (Å²) in [7, 11) is 0. The molecule has 0 bridgehead atoms. The molecule has 1 N–H and O–H groups in total. The Bertz CT molecular complexity index is 1040. The van der Waals surface area contributed by atoms with Gasteiger partial charge in [-0.15, -0.1) is 10.2 Å². The molecule has 3 aromatic rings. The van der Waals surface area contributed by atoms with Crippen molar-refractivity contribution in [2.75, 3.05) is 11.1 Å². The van der Waals surface area contributed by atoms with Crippen molar-refractivity contribution >= 4 is 46.6 Å². The Morgan fingerprint density at radius 2 is 2.00 bits per heavy atom. The van der Waals surface area contributed by atoms with Gasteiger partial charge in [0.25, 0.3) is 0 Å². The maximum absolute atomic E-state index is 12.4. The van der Waals surface area contributed by atoms with Gasteiger partial charge in [-0.25, -0.2) is 0 Å². The van der Waals surface area contributed by atoms with Crippen LogP contribution in [0.4, 0.5) is 5.69 Å².